The first-order valence-electron chi connectivity index (χ1n) is 7.32. The molecule has 1 aliphatic carbocycles. The topological polar surface area (TPSA) is 12.5 Å². The molecule has 0 saturated heterocycles. The lowest BCUT2D eigenvalue weighted by Crippen LogP contribution is -2.21. The average molecular weight is 267 g/mol. The van der Waals surface area contributed by atoms with E-state index in [1.54, 1.807) is 7.11 Å². The third-order valence-corrected chi connectivity index (χ3v) is 4.21. The number of methoxy groups -OCH3 is 1. The third-order valence-electron chi connectivity index (χ3n) is 4.21. The van der Waals surface area contributed by atoms with Crippen LogP contribution in [0.15, 0.2) is 36.4 Å². The lowest BCUT2D eigenvalue weighted by Gasteiger charge is -2.21. The molecule has 1 aliphatic rings. The predicted octanol–water partition coefficient (Wildman–Crippen LogP) is 4.11. The van der Waals surface area contributed by atoms with Gasteiger partial charge in [0, 0.05) is 18.8 Å². The molecule has 0 aromatic heterocycles. The molecule has 0 atom stereocenters. The molecule has 0 bridgehead atoms. The van der Waals surface area contributed by atoms with Crippen molar-refractivity contribution in [3.63, 3.8) is 0 Å². The molecule has 0 heterocycles. The molecule has 0 aliphatic heterocycles. The largest absolute Gasteiger partial charge is 0.497 e. The van der Waals surface area contributed by atoms with Gasteiger partial charge in [-0.1, -0.05) is 12.1 Å². The minimum atomic E-state index is 0.945. The molecule has 0 spiro atoms. The Balaban J connectivity index is 2.04. The van der Waals surface area contributed by atoms with Crippen LogP contribution < -0.4 is 9.64 Å². The Kier molecular flexibility index (Phi) is 3.39. The van der Waals surface area contributed by atoms with Crippen LogP contribution in [0.2, 0.25) is 0 Å². The normalized spacial score (nSPS) is 11.9. The summed E-state index contributed by atoms with van der Waals surface area (Å²) in [6.45, 7) is 6.50. The fourth-order valence-electron chi connectivity index (χ4n) is 3.07. The van der Waals surface area contributed by atoms with Crippen LogP contribution in [0, 0.1) is 0 Å². The van der Waals surface area contributed by atoms with E-state index in [9.17, 15) is 0 Å². The molecule has 0 unspecified atom stereocenters. The minimum Gasteiger partial charge on any atom is -0.497 e. The molecule has 0 N–H and O–H groups in total. The van der Waals surface area contributed by atoms with E-state index in [0.717, 1.165) is 25.3 Å². The average Bonchev–Trinajstić information content (AvgIpc) is 2.85. The highest BCUT2D eigenvalue weighted by atomic mass is 16.5. The van der Waals surface area contributed by atoms with E-state index in [1.807, 2.05) is 0 Å². The molecular weight excluding hydrogens is 246 g/mol. The van der Waals surface area contributed by atoms with Crippen LogP contribution in [-0.4, -0.2) is 20.2 Å². The van der Waals surface area contributed by atoms with Gasteiger partial charge in [-0.2, -0.15) is 0 Å². The first kappa shape index (κ1) is 13.0. The monoisotopic (exact) mass is 267 g/mol. The molecule has 2 nitrogen and oxygen atoms in total. The summed E-state index contributed by atoms with van der Waals surface area (Å²) in [6, 6.07) is 13.3. The second-order valence-electron chi connectivity index (χ2n) is 5.21. The molecule has 2 aromatic carbocycles. The lowest BCUT2D eigenvalue weighted by atomic mass is 10.0. The number of benzene rings is 2. The Morgan fingerprint density at radius 2 is 1.75 bits per heavy atom. The van der Waals surface area contributed by atoms with Gasteiger partial charge in [0.25, 0.3) is 0 Å². The summed E-state index contributed by atoms with van der Waals surface area (Å²) in [4.78, 5) is 2.39. The number of ether oxygens (including phenoxy) is 1. The van der Waals surface area contributed by atoms with E-state index in [4.69, 9.17) is 4.74 Å². The Morgan fingerprint density at radius 1 is 0.950 bits per heavy atom. The Hall–Kier alpha value is -1.96. The molecule has 0 amide bonds. The maximum absolute atomic E-state index is 5.33. The summed E-state index contributed by atoms with van der Waals surface area (Å²) in [5.41, 5.74) is 6.85. The van der Waals surface area contributed by atoms with E-state index in [-0.39, 0.29) is 0 Å². The molecule has 2 heteroatoms. The van der Waals surface area contributed by atoms with Gasteiger partial charge in [0.05, 0.1) is 7.11 Å². The van der Waals surface area contributed by atoms with Crippen LogP contribution in [0.1, 0.15) is 25.0 Å². The number of fused-ring (bicyclic) bond motifs is 3. The zero-order chi connectivity index (χ0) is 14.1. The first-order valence-corrected chi connectivity index (χ1v) is 7.32. The van der Waals surface area contributed by atoms with E-state index in [2.05, 4.69) is 55.1 Å². The van der Waals surface area contributed by atoms with Crippen molar-refractivity contribution in [3.05, 3.63) is 47.5 Å². The maximum atomic E-state index is 5.33. The van der Waals surface area contributed by atoms with Crippen molar-refractivity contribution in [2.24, 2.45) is 0 Å². The van der Waals surface area contributed by atoms with E-state index in [1.165, 1.54) is 27.9 Å². The van der Waals surface area contributed by atoms with Crippen molar-refractivity contribution in [2.75, 3.05) is 25.1 Å². The number of hydrogen-bond acceptors (Lipinski definition) is 2. The van der Waals surface area contributed by atoms with Crippen molar-refractivity contribution < 1.29 is 4.74 Å². The molecular formula is C18H21NO. The first-order chi connectivity index (χ1) is 9.76. The van der Waals surface area contributed by atoms with Crippen molar-refractivity contribution in [2.45, 2.75) is 20.3 Å². The highest BCUT2D eigenvalue weighted by Gasteiger charge is 2.19. The highest BCUT2D eigenvalue weighted by Crippen LogP contribution is 2.40. The van der Waals surface area contributed by atoms with Crippen molar-refractivity contribution >= 4 is 5.69 Å². The van der Waals surface area contributed by atoms with Gasteiger partial charge in [-0.3, -0.25) is 0 Å². The van der Waals surface area contributed by atoms with Gasteiger partial charge < -0.3 is 9.64 Å². The molecule has 2 aromatic rings. The second-order valence-corrected chi connectivity index (χ2v) is 5.21. The van der Waals surface area contributed by atoms with E-state index < -0.39 is 0 Å². The molecule has 0 fully saturated rings. The van der Waals surface area contributed by atoms with Crippen LogP contribution in [0.4, 0.5) is 5.69 Å². The fourth-order valence-corrected chi connectivity index (χ4v) is 3.07. The second kappa shape index (κ2) is 5.20. The van der Waals surface area contributed by atoms with Crippen LogP contribution in [-0.2, 0) is 6.42 Å². The van der Waals surface area contributed by atoms with Gasteiger partial charge in [-0.15, -0.1) is 0 Å². The predicted molar refractivity (Wildman–Crippen MR) is 84.8 cm³/mol. The van der Waals surface area contributed by atoms with Gasteiger partial charge >= 0.3 is 0 Å². The van der Waals surface area contributed by atoms with Crippen LogP contribution in [0.25, 0.3) is 11.1 Å². The Labute approximate surface area is 121 Å². The fraction of sp³-hybridized carbons (Fsp3) is 0.333. The van der Waals surface area contributed by atoms with Crippen molar-refractivity contribution in [1.82, 2.24) is 0 Å². The quantitative estimate of drug-likeness (QED) is 0.705. The summed E-state index contributed by atoms with van der Waals surface area (Å²) in [5.74, 6) is 0.945. The van der Waals surface area contributed by atoms with Crippen molar-refractivity contribution in [1.29, 1.82) is 0 Å². The third kappa shape index (κ3) is 2.05. The molecule has 0 radical (unpaired) electrons. The summed E-state index contributed by atoms with van der Waals surface area (Å²) in [7, 11) is 1.72. The van der Waals surface area contributed by atoms with E-state index in [0.29, 0.717) is 0 Å². The van der Waals surface area contributed by atoms with E-state index >= 15 is 0 Å². The summed E-state index contributed by atoms with van der Waals surface area (Å²) in [5, 5.41) is 0. The zero-order valence-corrected chi connectivity index (χ0v) is 12.4. The maximum Gasteiger partial charge on any atom is 0.119 e. The highest BCUT2D eigenvalue weighted by molar-refractivity contribution is 5.80. The summed E-state index contributed by atoms with van der Waals surface area (Å²) < 4.78 is 5.33. The zero-order valence-electron chi connectivity index (χ0n) is 12.4. The molecule has 0 saturated carbocycles. The molecule has 20 heavy (non-hydrogen) atoms. The standard InChI is InChI=1S/C18H21NO/c1-4-19(5-2)15-7-6-13-10-14-11-16(20-3)8-9-17(14)18(13)12-15/h6-9,11-12H,4-5,10H2,1-3H3. The molecule has 3 rings (SSSR count). The smallest absolute Gasteiger partial charge is 0.119 e. The lowest BCUT2D eigenvalue weighted by molar-refractivity contribution is 0.414. The number of nitrogens with zero attached hydrogens (tertiary/aromatic N) is 1. The number of rotatable bonds is 4. The van der Waals surface area contributed by atoms with Gasteiger partial charge in [-0.25, -0.2) is 0 Å². The van der Waals surface area contributed by atoms with Crippen LogP contribution in [0.5, 0.6) is 5.75 Å². The minimum absolute atomic E-state index is 0.945. The van der Waals surface area contributed by atoms with Crippen LogP contribution in [0.3, 0.4) is 0 Å². The van der Waals surface area contributed by atoms with Gasteiger partial charge in [0.15, 0.2) is 0 Å². The van der Waals surface area contributed by atoms with Gasteiger partial charge in [0.2, 0.25) is 0 Å². The van der Waals surface area contributed by atoms with Crippen LogP contribution >= 0.6 is 0 Å². The van der Waals surface area contributed by atoms with Crippen molar-refractivity contribution in [3.8, 4) is 16.9 Å². The number of hydrogen-bond donors (Lipinski definition) is 0. The number of anilines is 1. The summed E-state index contributed by atoms with van der Waals surface area (Å²) in [6.07, 6.45) is 1.01. The SMILES string of the molecule is CCN(CC)c1ccc2c(c1)-c1ccc(OC)cc1C2. The molecule has 104 valence electrons. The summed E-state index contributed by atoms with van der Waals surface area (Å²) >= 11 is 0. The Bertz CT molecular complexity index is 629. The Morgan fingerprint density at radius 3 is 2.45 bits per heavy atom. The van der Waals surface area contributed by atoms with Gasteiger partial charge in [0.1, 0.15) is 5.75 Å². The van der Waals surface area contributed by atoms with Gasteiger partial charge in [-0.05, 0) is 66.8 Å².